The van der Waals surface area contributed by atoms with Gasteiger partial charge in [-0.05, 0) is 60.9 Å². The van der Waals surface area contributed by atoms with E-state index in [1.807, 2.05) is 12.1 Å². The Morgan fingerprint density at radius 3 is 2.37 bits per heavy atom. The second-order valence-corrected chi connectivity index (χ2v) is 20.7. The first-order chi connectivity index (χ1) is 16.6. The smallest absolute Gasteiger partial charge is 0.307 e. The Labute approximate surface area is 216 Å². The summed E-state index contributed by atoms with van der Waals surface area (Å²) in [6.07, 6.45) is 8.41. The molecule has 1 saturated carbocycles. The molecule has 1 aliphatic heterocycles. The fraction of sp³-hybridized carbons (Fsp3) is 0.607. The second kappa shape index (κ2) is 10.9. The molecule has 0 radical (unpaired) electrons. The van der Waals surface area contributed by atoms with Crippen LogP contribution in [-0.2, 0) is 24.1 Å². The maximum Gasteiger partial charge on any atom is 0.307 e. The number of thiophene rings is 1. The Hall–Kier alpha value is -1.44. The summed E-state index contributed by atoms with van der Waals surface area (Å²) in [5.74, 6) is 0.415. The summed E-state index contributed by atoms with van der Waals surface area (Å²) < 4.78 is 31.3. The van der Waals surface area contributed by atoms with E-state index in [1.54, 1.807) is 0 Å². The molecule has 1 aliphatic carbocycles. The SMILES string of the molecule is C[Si](C)(C)CCOC(=O)C[C@]1(c2ccc(-c3ccc(C4CCCCC4)cc3)s2)CCCCS1(=O)=O. The van der Waals surface area contributed by atoms with Crippen molar-refractivity contribution >= 4 is 35.2 Å². The highest BCUT2D eigenvalue weighted by Crippen LogP contribution is 2.47. The summed E-state index contributed by atoms with van der Waals surface area (Å²) in [7, 11) is -4.79. The molecule has 2 aromatic rings. The predicted octanol–water partition coefficient (Wildman–Crippen LogP) is 7.53. The van der Waals surface area contributed by atoms with E-state index in [0.717, 1.165) is 27.8 Å². The Kier molecular flexibility index (Phi) is 8.28. The summed E-state index contributed by atoms with van der Waals surface area (Å²) in [4.78, 5) is 14.7. The first kappa shape index (κ1) is 26.6. The van der Waals surface area contributed by atoms with Crippen LogP contribution in [0.3, 0.4) is 0 Å². The number of ether oxygens (including phenoxy) is 1. The molecule has 1 atom stereocenters. The quantitative estimate of drug-likeness (QED) is 0.260. The average molecular weight is 533 g/mol. The molecule has 2 aliphatic rings. The topological polar surface area (TPSA) is 60.4 Å². The van der Waals surface area contributed by atoms with Gasteiger partial charge in [0.25, 0.3) is 0 Å². The maximum atomic E-state index is 13.4. The molecule has 1 aromatic heterocycles. The van der Waals surface area contributed by atoms with Crippen LogP contribution in [0.1, 0.15) is 74.1 Å². The van der Waals surface area contributed by atoms with Crippen LogP contribution in [0.4, 0.5) is 0 Å². The van der Waals surface area contributed by atoms with Crippen molar-refractivity contribution in [3.8, 4) is 10.4 Å². The monoisotopic (exact) mass is 532 g/mol. The van der Waals surface area contributed by atoms with Crippen LogP contribution in [0.15, 0.2) is 36.4 Å². The minimum Gasteiger partial charge on any atom is -0.466 e. The van der Waals surface area contributed by atoms with E-state index in [2.05, 4.69) is 43.9 Å². The number of carbonyl (C=O) groups excluding carboxylic acids is 1. The molecule has 2 fully saturated rings. The van der Waals surface area contributed by atoms with Gasteiger partial charge in [-0.2, -0.15) is 0 Å². The summed E-state index contributed by atoms with van der Waals surface area (Å²) in [5, 5.41) is 0. The van der Waals surface area contributed by atoms with Gasteiger partial charge in [-0.15, -0.1) is 11.3 Å². The van der Waals surface area contributed by atoms with Crippen molar-refractivity contribution in [3.05, 3.63) is 46.8 Å². The molecule has 35 heavy (non-hydrogen) atoms. The van der Waals surface area contributed by atoms with E-state index >= 15 is 0 Å². The third kappa shape index (κ3) is 6.28. The standard InChI is InChI=1S/C28H40O4S2Si/c1-35(2,3)20-18-32-27(29)21-28(17-7-8-19-34(28,30)31)26-16-15-25(33-26)24-13-11-23(12-14-24)22-9-5-4-6-10-22/h11-16,22H,4-10,17-21H2,1-3H3/t28-/m0/s1. The average Bonchev–Trinajstić information content (AvgIpc) is 3.31. The lowest BCUT2D eigenvalue weighted by Gasteiger charge is -2.35. The highest BCUT2D eigenvalue weighted by molar-refractivity contribution is 7.92. The number of carbonyl (C=O) groups is 1. The summed E-state index contributed by atoms with van der Waals surface area (Å²) in [6, 6.07) is 13.7. The van der Waals surface area contributed by atoms with Crippen molar-refractivity contribution in [1.29, 1.82) is 0 Å². The van der Waals surface area contributed by atoms with Crippen molar-refractivity contribution < 1.29 is 17.9 Å². The highest BCUT2D eigenvalue weighted by Gasteiger charge is 2.49. The summed E-state index contributed by atoms with van der Waals surface area (Å²) >= 11 is 1.53. The van der Waals surface area contributed by atoms with Crippen LogP contribution >= 0.6 is 11.3 Å². The Morgan fingerprint density at radius 1 is 1.00 bits per heavy atom. The van der Waals surface area contributed by atoms with Crippen LogP contribution in [-0.4, -0.2) is 34.8 Å². The van der Waals surface area contributed by atoms with Crippen LogP contribution in [0.2, 0.25) is 25.7 Å². The first-order valence-corrected chi connectivity index (χ1v) is 19.4. The number of rotatable bonds is 8. The van der Waals surface area contributed by atoms with Gasteiger partial charge in [0.05, 0.1) is 18.8 Å². The van der Waals surface area contributed by atoms with Gasteiger partial charge in [0, 0.05) is 17.8 Å². The van der Waals surface area contributed by atoms with Crippen molar-refractivity contribution in [2.24, 2.45) is 0 Å². The molecule has 1 aromatic carbocycles. The molecule has 0 bridgehead atoms. The predicted molar refractivity (Wildman–Crippen MR) is 149 cm³/mol. The normalized spacial score (nSPS) is 23.2. The van der Waals surface area contributed by atoms with Crippen LogP contribution in [0, 0.1) is 0 Å². The molecule has 0 spiro atoms. The lowest BCUT2D eigenvalue weighted by atomic mass is 9.84. The lowest BCUT2D eigenvalue weighted by molar-refractivity contribution is -0.144. The van der Waals surface area contributed by atoms with E-state index in [1.165, 1.54) is 49.0 Å². The van der Waals surface area contributed by atoms with Gasteiger partial charge in [0.2, 0.25) is 0 Å². The molecule has 0 amide bonds. The minimum atomic E-state index is -3.46. The molecule has 192 valence electrons. The zero-order chi connectivity index (χ0) is 25.1. The third-order valence-electron chi connectivity index (χ3n) is 7.71. The molecule has 1 saturated heterocycles. The first-order valence-electron chi connectivity index (χ1n) is 13.2. The van der Waals surface area contributed by atoms with E-state index in [9.17, 15) is 13.2 Å². The van der Waals surface area contributed by atoms with E-state index in [0.29, 0.717) is 25.4 Å². The number of sulfone groups is 1. The Bertz CT molecular complexity index is 1110. The molecule has 4 rings (SSSR count). The van der Waals surface area contributed by atoms with Gasteiger partial charge in [-0.25, -0.2) is 8.42 Å². The summed E-state index contributed by atoms with van der Waals surface area (Å²) in [5.41, 5.74) is 2.53. The second-order valence-electron chi connectivity index (χ2n) is 11.6. The van der Waals surface area contributed by atoms with Crippen LogP contribution < -0.4 is 0 Å². The third-order valence-corrected chi connectivity index (χ3v) is 13.5. The zero-order valence-corrected chi connectivity index (χ0v) is 24.1. The van der Waals surface area contributed by atoms with Gasteiger partial charge in [-0.3, -0.25) is 4.79 Å². The molecular weight excluding hydrogens is 493 g/mol. The zero-order valence-electron chi connectivity index (χ0n) is 21.5. The van der Waals surface area contributed by atoms with E-state index < -0.39 is 22.7 Å². The number of esters is 1. The lowest BCUT2D eigenvalue weighted by Crippen LogP contribution is -2.42. The number of benzene rings is 1. The largest absolute Gasteiger partial charge is 0.466 e. The van der Waals surface area contributed by atoms with Crippen LogP contribution in [0.25, 0.3) is 10.4 Å². The van der Waals surface area contributed by atoms with Gasteiger partial charge in [0.1, 0.15) is 4.75 Å². The number of hydrogen-bond donors (Lipinski definition) is 0. The fourth-order valence-electron chi connectivity index (χ4n) is 5.46. The maximum absolute atomic E-state index is 13.4. The van der Waals surface area contributed by atoms with Crippen molar-refractivity contribution in [2.75, 3.05) is 12.4 Å². The molecule has 2 heterocycles. The van der Waals surface area contributed by atoms with Crippen LogP contribution in [0.5, 0.6) is 0 Å². The fourth-order valence-corrected chi connectivity index (χ4v) is 9.95. The number of hydrogen-bond acceptors (Lipinski definition) is 5. The van der Waals surface area contributed by atoms with Gasteiger partial charge < -0.3 is 4.74 Å². The molecule has 7 heteroatoms. The van der Waals surface area contributed by atoms with Crippen molar-refractivity contribution in [2.45, 2.75) is 94.1 Å². The molecule has 0 N–H and O–H groups in total. The molecule has 4 nitrogen and oxygen atoms in total. The Morgan fingerprint density at radius 2 is 1.71 bits per heavy atom. The van der Waals surface area contributed by atoms with E-state index in [-0.39, 0.29) is 18.1 Å². The Balaban J connectivity index is 1.55. The van der Waals surface area contributed by atoms with Crippen molar-refractivity contribution in [3.63, 3.8) is 0 Å². The van der Waals surface area contributed by atoms with Gasteiger partial charge in [-0.1, -0.05) is 69.6 Å². The molecular formula is C28H40O4S2Si. The molecule has 0 unspecified atom stereocenters. The highest BCUT2D eigenvalue weighted by atomic mass is 32.2. The summed E-state index contributed by atoms with van der Waals surface area (Å²) in [6.45, 7) is 7.10. The minimum absolute atomic E-state index is 0.0817. The van der Waals surface area contributed by atoms with Gasteiger partial charge >= 0.3 is 5.97 Å². The van der Waals surface area contributed by atoms with E-state index in [4.69, 9.17) is 4.74 Å². The van der Waals surface area contributed by atoms with Gasteiger partial charge in [0.15, 0.2) is 9.84 Å². The van der Waals surface area contributed by atoms with Crippen molar-refractivity contribution in [1.82, 2.24) is 0 Å².